The van der Waals surface area contributed by atoms with Crippen LogP contribution in [0, 0.1) is 11.3 Å². The van der Waals surface area contributed by atoms with Gasteiger partial charge in [0, 0.05) is 17.8 Å². The molecule has 0 aliphatic heterocycles. The second-order valence-electron chi connectivity index (χ2n) is 5.61. The van der Waals surface area contributed by atoms with Crippen LogP contribution in [0.3, 0.4) is 0 Å². The lowest BCUT2D eigenvalue weighted by molar-refractivity contribution is 0.537. The normalized spacial score (nSPS) is 12.6. The highest BCUT2D eigenvalue weighted by Gasteiger charge is 2.21. The molecule has 7 heteroatoms. The molecule has 2 rings (SSSR count). The van der Waals surface area contributed by atoms with E-state index >= 15 is 0 Å². The number of nitrogens with one attached hydrogen (secondary N) is 1. The molecule has 2 aromatic rings. The summed E-state index contributed by atoms with van der Waals surface area (Å²) in [7, 11) is -3.35. The third-order valence-corrected chi connectivity index (χ3v) is 5.57. The molecule has 1 heterocycles. The van der Waals surface area contributed by atoms with E-state index in [9.17, 15) is 8.42 Å². The van der Waals surface area contributed by atoms with Gasteiger partial charge in [0.25, 0.3) is 0 Å². The van der Waals surface area contributed by atoms with Crippen molar-refractivity contribution >= 4 is 21.6 Å². The summed E-state index contributed by atoms with van der Waals surface area (Å²) in [6, 6.07) is 10.4. The van der Waals surface area contributed by atoms with Gasteiger partial charge in [-0.25, -0.2) is 13.1 Å². The Morgan fingerprint density at radius 3 is 2.68 bits per heavy atom. The molecule has 1 aromatic heterocycles. The van der Waals surface area contributed by atoms with Gasteiger partial charge in [0.1, 0.15) is 6.07 Å². The SMILES string of the molecule is CCC[C@H](NS(=O)(=O)CC)c1cccnc1-c1ccc(C#N)c(Cl)c1. The maximum absolute atomic E-state index is 12.1. The third-order valence-electron chi connectivity index (χ3n) is 3.86. The van der Waals surface area contributed by atoms with Gasteiger partial charge in [-0.05, 0) is 37.1 Å². The molecular weight excluding hydrogens is 358 g/mol. The number of benzene rings is 1. The minimum atomic E-state index is -3.35. The van der Waals surface area contributed by atoms with E-state index in [0.29, 0.717) is 22.7 Å². The monoisotopic (exact) mass is 377 g/mol. The molecule has 0 radical (unpaired) electrons. The molecule has 0 unspecified atom stereocenters. The van der Waals surface area contributed by atoms with Gasteiger partial charge in [-0.1, -0.05) is 37.1 Å². The highest BCUT2D eigenvalue weighted by atomic mass is 35.5. The van der Waals surface area contributed by atoms with Crippen LogP contribution in [0.5, 0.6) is 0 Å². The molecule has 0 spiro atoms. The van der Waals surface area contributed by atoms with E-state index in [2.05, 4.69) is 9.71 Å². The predicted octanol–water partition coefficient (Wildman–Crippen LogP) is 4.05. The Bertz CT molecular complexity index is 891. The second kappa shape index (κ2) is 8.43. The molecule has 25 heavy (non-hydrogen) atoms. The molecule has 0 saturated heterocycles. The van der Waals surface area contributed by atoms with Crippen LogP contribution in [0.2, 0.25) is 5.02 Å². The van der Waals surface area contributed by atoms with Crippen LogP contribution in [0.25, 0.3) is 11.3 Å². The molecule has 0 aliphatic rings. The maximum atomic E-state index is 12.1. The number of hydrogen-bond donors (Lipinski definition) is 1. The zero-order valence-electron chi connectivity index (χ0n) is 14.2. The van der Waals surface area contributed by atoms with Gasteiger partial charge in [0.05, 0.1) is 22.0 Å². The Labute approximate surface area is 153 Å². The summed E-state index contributed by atoms with van der Waals surface area (Å²) in [6.07, 6.45) is 3.13. The molecule has 0 bridgehead atoms. The number of sulfonamides is 1. The smallest absolute Gasteiger partial charge is 0.211 e. The fourth-order valence-corrected chi connectivity index (χ4v) is 3.63. The molecule has 5 nitrogen and oxygen atoms in total. The van der Waals surface area contributed by atoms with Crippen molar-refractivity contribution in [3.8, 4) is 17.3 Å². The van der Waals surface area contributed by atoms with Gasteiger partial charge in [-0.15, -0.1) is 0 Å². The minimum absolute atomic E-state index is 0.0193. The molecule has 0 fully saturated rings. The van der Waals surface area contributed by atoms with Crippen molar-refractivity contribution in [2.24, 2.45) is 0 Å². The highest BCUT2D eigenvalue weighted by molar-refractivity contribution is 7.89. The Balaban J connectivity index is 2.52. The van der Waals surface area contributed by atoms with Crippen molar-refractivity contribution < 1.29 is 8.42 Å². The molecule has 1 N–H and O–H groups in total. The molecule has 132 valence electrons. The lowest BCUT2D eigenvalue weighted by Crippen LogP contribution is -2.30. The minimum Gasteiger partial charge on any atom is -0.256 e. The van der Waals surface area contributed by atoms with Gasteiger partial charge < -0.3 is 0 Å². The summed E-state index contributed by atoms with van der Waals surface area (Å²) in [6.45, 7) is 3.61. The number of pyridine rings is 1. The number of rotatable bonds is 7. The first kappa shape index (κ1) is 19.4. The fraction of sp³-hybridized carbons (Fsp3) is 0.333. The van der Waals surface area contributed by atoms with Gasteiger partial charge in [-0.2, -0.15) is 5.26 Å². The van der Waals surface area contributed by atoms with E-state index in [1.165, 1.54) is 0 Å². The zero-order valence-corrected chi connectivity index (χ0v) is 15.7. The van der Waals surface area contributed by atoms with Crippen LogP contribution in [0.15, 0.2) is 36.5 Å². The first-order valence-electron chi connectivity index (χ1n) is 8.06. The lowest BCUT2D eigenvalue weighted by Gasteiger charge is -2.21. The Morgan fingerprint density at radius 1 is 1.32 bits per heavy atom. The van der Waals surface area contributed by atoms with Crippen molar-refractivity contribution in [1.29, 1.82) is 5.26 Å². The topological polar surface area (TPSA) is 82.8 Å². The fourth-order valence-electron chi connectivity index (χ4n) is 2.56. The van der Waals surface area contributed by atoms with E-state index in [0.717, 1.165) is 17.5 Å². The van der Waals surface area contributed by atoms with Crippen molar-refractivity contribution in [2.45, 2.75) is 32.7 Å². The van der Waals surface area contributed by atoms with E-state index < -0.39 is 10.0 Å². The van der Waals surface area contributed by atoms with Crippen LogP contribution >= 0.6 is 11.6 Å². The molecule has 1 aromatic carbocycles. The standard InChI is InChI=1S/C18H20ClN3O2S/c1-3-6-17(22-25(23,24)4-2)15-7-5-10-21-18(15)13-8-9-14(12-20)16(19)11-13/h5,7-11,17,22H,3-4,6H2,1-2H3/t17-/m0/s1. The second-order valence-corrected chi connectivity index (χ2v) is 8.06. The lowest BCUT2D eigenvalue weighted by atomic mass is 9.97. The van der Waals surface area contributed by atoms with E-state index in [-0.39, 0.29) is 11.8 Å². The average Bonchev–Trinajstić information content (AvgIpc) is 2.61. The number of hydrogen-bond acceptors (Lipinski definition) is 4. The average molecular weight is 378 g/mol. The quantitative estimate of drug-likeness (QED) is 0.788. The maximum Gasteiger partial charge on any atom is 0.211 e. The Hall–Kier alpha value is -1.94. The van der Waals surface area contributed by atoms with Crippen LogP contribution in [0.4, 0.5) is 0 Å². The summed E-state index contributed by atoms with van der Waals surface area (Å²) in [5.41, 5.74) is 2.59. The van der Waals surface area contributed by atoms with Crippen LogP contribution < -0.4 is 4.72 Å². The van der Waals surface area contributed by atoms with Crippen molar-refractivity contribution in [2.75, 3.05) is 5.75 Å². The third kappa shape index (κ3) is 4.79. The first-order chi connectivity index (χ1) is 11.9. The van der Waals surface area contributed by atoms with Crippen LogP contribution in [-0.2, 0) is 10.0 Å². The van der Waals surface area contributed by atoms with E-state index in [1.54, 1.807) is 37.4 Å². The summed E-state index contributed by atoms with van der Waals surface area (Å²) < 4.78 is 26.9. The summed E-state index contributed by atoms with van der Waals surface area (Å²) >= 11 is 6.14. The highest BCUT2D eigenvalue weighted by Crippen LogP contribution is 2.31. The number of nitriles is 1. The first-order valence-corrected chi connectivity index (χ1v) is 10.1. The van der Waals surface area contributed by atoms with Gasteiger partial charge in [0.2, 0.25) is 10.0 Å². The number of aromatic nitrogens is 1. The van der Waals surface area contributed by atoms with Crippen LogP contribution in [0.1, 0.15) is 43.9 Å². The summed E-state index contributed by atoms with van der Waals surface area (Å²) in [5.74, 6) is 0.0193. The van der Waals surface area contributed by atoms with E-state index in [1.807, 2.05) is 19.1 Å². The van der Waals surface area contributed by atoms with Crippen molar-refractivity contribution in [3.63, 3.8) is 0 Å². The number of nitrogens with zero attached hydrogens (tertiary/aromatic N) is 2. The molecule has 0 amide bonds. The molecular formula is C18H20ClN3O2S. The van der Waals surface area contributed by atoms with Crippen molar-refractivity contribution in [1.82, 2.24) is 9.71 Å². The van der Waals surface area contributed by atoms with Crippen molar-refractivity contribution in [3.05, 3.63) is 52.7 Å². The van der Waals surface area contributed by atoms with Crippen LogP contribution in [-0.4, -0.2) is 19.2 Å². The summed E-state index contributed by atoms with van der Waals surface area (Å²) in [5, 5.41) is 9.37. The van der Waals surface area contributed by atoms with Gasteiger partial charge in [0.15, 0.2) is 0 Å². The Morgan fingerprint density at radius 2 is 2.08 bits per heavy atom. The largest absolute Gasteiger partial charge is 0.256 e. The summed E-state index contributed by atoms with van der Waals surface area (Å²) in [4.78, 5) is 4.43. The van der Waals surface area contributed by atoms with E-state index in [4.69, 9.17) is 16.9 Å². The van der Waals surface area contributed by atoms with Gasteiger partial charge in [-0.3, -0.25) is 4.98 Å². The Kier molecular flexibility index (Phi) is 6.54. The van der Waals surface area contributed by atoms with Gasteiger partial charge >= 0.3 is 0 Å². The number of halogens is 1. The predicted molar refractivity (Wildman–Crippen MR) is 99.6 cm³/mol. The molecule has 0 saturated carbocycles. The zero-order chi connectivity index (χ0) is 18.4. The molecule has 0 aliphatic carbocycles. The molecule has 1 atom stereocenters.